The number of benzene rings is 2. The van der Waals surface area contributed by atoms with Crippen LogP contribution in [0.3, 0.4) is 0 Å². The Balaban J connectivity index is 1.56. The maximum Gasteiger partial charge on any atom is 0.416 e. The fourth-order valence-electron chi connectivity index (χ4n) is 6.08. The van der Waals surface area contributed by atoms with Crippen LogP contribution in [-0.2, 0) is 26.7 Å². The number of rotatable bonds is 5. The predicted octanol–water partition coefficient (Wildman–Crippen LogP) is 6.13. The van der Waals surface area contributed by atoms with Crippen LogP contribution in [0, 0.1) is 11.8 Å². The largest absolute Gasteiger partial charge is 0.416 e. The SMILES string of the molecule is CC(=O)N1CCC(C(=O)N2CC[C@H](C(=O)N(C)[C@H](C)c3cc(C(F)(F)F)cc(C(F)(F)F)c3)[C@H](c3ccccc3)C2)CC1. The van der Waals surface area contributed by atoms with Crippen molar-refractivity contribution in [3.05, 3.63) is 70.8 Å². The zero-order valence-electron chi connectivity index (χ0n) is 24.2. The number of hydrogen-bond acceptors (Lipinski definition) is 3. The van der Waals surface area contributed by atoms with Gasteiger partial charge in [-0.2, -0.15) is 26.3 Å². The standard InChI is InChI=1S/C31H35F6N3O3/c1-19(23-15-24(30(32,33)34)17-25(16-23)31(35,36)37)38(3)29(43)26-11-14-40(18-27(26)21-7-5-4-6-8-21)28(42)22-9-12-39(13-10-22)20(2)41/h4-8,15-17,19,22,26-27H,9-14,18H2,1-3H3/t19-,26+,27+/m1/s1. The van der Waals surface area contributed by atoms with Crippen LogP contribution >= 0.6 is 0 Å². The summed E-state index contributed by atoms with van der Waals surface area (Å²) in [7, 11) is 1.38. The molecule has 3 amide bonds. The zero-order chi connectivity index (χ0) is 31.7. The molecule has 2 aromatic rings. The molecular weight excluding hydrogens is 576 g/mol. The first-order chi connectivity index (χ1) is 20.1. The van der Waals surface area contributed by atoms with Crippen LogP contribution in [-0.4, -0.2) is 65.6 Å². The molecule has 0 aromatic heterocycles. The minimum absolute atomic E-state index is 0.0347. The highest BCUT2D eigenvalue weighted by atomic mass is 19.4. The molecule has 2 saturated heterocycles. The molecule has 0 N–H and O–H groups in total. The Morgan fingerprint density at radius 3 is 1.88 bits per heavy atom. The maximum atomic E-state index is 13.9. The normalized spacial score (nSPS) is 21.0. The van der Waals surface area contributed by atoms with Gasteiger partial charge < -0.3 is 14.7 Å². The van der Waals surface area contributed by atoms with Crippen molar-refractivity contribution in [2.24, 2.45) is 11.8 Å². The van der Waals surface area contributed by atoms with E-state index >= 15 is 0 Å². The molecule has 2 heterocycles. The number of piperidine rings is 2. The first-order valence-corrected chi connectivity index (χ1v) is 14.2. The fraction of sp³-hybridized carbons (Fsp3) is 0.516. The summed E-state index contributed by atoms with van der Waals surface area (Å²) < 4.78 is 80.9. The summed E-state index contributed by atoms with van der Waals surface area (Å²) in [6.07, 6.45) is -8.63. The number of amides is 3. The van der Waals surface area contributed by atoms with E-state index < -0.39 is 47.3 Å². The van der Waals surface area contributed by atoms with Crippen molar-refractivity contribution in [3.63, 3.8) is 0 Å². The number of carbonyl (C=O) groups is 3. The molecule has 6 nitrogen and oxygen atoms in total. The topological polar surface area (TPSA) is 60.9 Å². The summed E-state index contributed by atoms with van der Waals surface area (Å²) in [6.45, 7) is 4.42. The molecule has 4 rings (SSSR count). The van der Waals surface area contributed by atoms with E-state index in [4.69, 9.17) is 0 Å². The highest BCUT2D eigenvalue weighted by molar-refractivity contribution is 5.83. The van der Waals surface area contributed by atoms with Crippen LogP contribution in [0.25, 0.3) is 0 Å². The Bertz CT molecular complexity index is 1290. The van der Waals surface area contributed by atoms with Crippen molar-refractivity contribution in [2.75, 3.05) is 33.2 Å². The first-order valence-electron chi connectivity index (χ1n) is 14.2. The van der Waals surface area contributed by atoms with Crippen molar-refractivity contribution in [3.8, 4) is 0 Å². The number of nitrogens with zero attached hydrogens (tertiary/aromatic N) is 3. The second-order valence-corrected chi connectivity index (χ2v) is 11.4. The third-order valence-corrected chi connectivity index (χ3v) is 8.78. The summed E-state index contributed by atoms with van der Waals surface area (Å²) in [6, 6.07) is 9.40. The van der Waals surface area contributed by atoms with Crippen LogP contribution in [0.15, 0.2) is 48.5 Å². The highest BCUT2D eigenvalue weighted by Gasteiger charge is 2.42. The van der Waals surface area contributed by atoms with Crippen LogP contribution in [0.5, 0.6) is 0 Å². The molecule has 0 aliphatic carbocycles. The van der Waals surface area contributed by atoms with Crippen LogP contribution in [0.1, 0.15) is 67.3 Å². The van der Waals surface area contributed by atoms with E-state index in [1.807, 2.05) is 30.3 Å². The molecule has 2 aliphatic rings. The average Bonchev–Trinajstić information content (AvgIpc) is 2.98. The molecule has 2 fully saturated rings. The maximum absolute atomic E-state index is 13.9. The van der Waals surface area contributed by atoms with Gasteiger partial charge in [-0.05, 0) is 55.5 Å². The van der Waals surface area contributed by atoms with Crippen molar-refractivity contribution in [1.82, 2.24) is 14.7 Å². The quantitative estimate of drug-likeness (QED) is 0.382. The lowest BCUT2D eigenvalue weighted by atomic mass is 9.79. The van der Waals surface area contributed by atoms with E-state index in [-0.39, 0.29) is 48.9 Å². The van der Waals surface area contributed by atoms with E-state index in [0.29, 0.717) is 38.1 Å². The van der Waals surface area contributed by atoms with Crippen LogP contribution in [0.4, 0.5) is 26.3 Å². The lowest BCUT2D eigenvalue weighted by molar-refractivity contribution is -0.145. The highest BCUT2D eigenvalue weighted by Crippen LogP contribution is 2.40. The van der Waals surface area contributed by atoms with Crippen molar-refractivity contribution < 1.29 is 40.7 Å². The van der Waals surface area contributed by atoms with Crippen molar-refractivity contribution in [1.29, 1.82) is 0 Å². The molecule has 234 valence electrons. The van der Waals surface area contributed by atoms with E-state index in [0.717, 1.165) is 5.56 Å². The molecule has 0 bridgehead atoms. The number of halogens is 6. The lowest BCUT2D eigenvalue weighted by Gasteiger charge is -2.42. The Morgan fingerprint density at radius 1 is 0.837 bits per heavy atom. The van der Waals surface area contributed by atoms with Gasteiger partial charge in [0.15, 0.2) is 0 Å². The monoisotopic (exact) mass is 611 g/mol. The van der Waals surface area contributed by atoms with Gasteiger partial charge in [0.2, 0.25) is 17.7 Å². The number of alkyl halides is 6. The van der Waals surface area contributed by atoms with Crippen LogP contribution < -0.4 is 0 Å². The number of likely N-dealkylation sites (tertiary alicyclic amines) is 2. The van der Waals surface area contributed by atoms with E-state index in [1.165, 1.54) is 25.8 Å². The van der Waals surface area contributed by atoms with Gasteiger partial charge in [0.25, 0.3) is 0 Å². The molecule has 12 heteroatoms. The third kappa shape index (κ3) is 7.33. The van der Waals surface area contributed by atoms with E-state index in [1.54, 1.807) is 9.80 Å². The minimum atomic E-state index is -5.00. The Morgan fingerprint density at radius 2 is 1.37 bits per heavy atom. The van der Waals surface area contributed by atoms with Gasteiger partial charge in [-0.25, -0.2) is 0 Å². The molecule has 2 aliphatic heterocycles. The third-order valence-electron chi connectivity index (χ3n) is 8.78. The van der Waals surface area contributed by atoms with E-state index in [2.05, 4.69) is 0 Å². The Kier molecular flexibility index (Phi) is 9.46. The molecular formula is C31H35F6N3O3. The smallest absolute Gasteiger partial charge is 0.343 e. The first kappa shape index (κ1) is 32.3. The number of carbonyl (C=O) groups excluding carboxylic acids is 3. The molecule has 43 heavy (non-hydrogen) atoms. The second kappa shape index (κ2) is 12.6. The number of hydrogen-bond donors (Lipinski definition) is 0. The van der Waals surface area contributed by atoms with Gasteiger partial charge in [-0.1, -0.05) is 30.3 Å². The summed E-state index contributed by atoms with van der Waals surface area (Å²) in [5, 5.41) is 0. The van der Waals surface area contributed by atoms with Crippen molar-refractivity contribution in [2.45, 2.75) is 57.4 Å². The molecule has 3 atom stereocenters. The molecule has 2 aromatic carbocycles. The van der Waals surface area contributed by atoms with Gasteiger partial charge in [0, 0.05) is 57.9 Å². The summed E-state index contributed by atoms with van der Waals surface area (Å²) >= 11 is 0. The molecule has 0 unspecified atom stereocenters. The fourth-order valence-corrected chi connectivity index (χ4v) is 6.08. The van der Waals surface area contributed by atoms with E-state index in [9.17, 15) is 40.7 Å². The summed E-state index contributed by atoms with van der Waals surface area (Å²) in [4.78, 5) is 43.7. The molecule has 0 saturated carbocycles. The average molecular weight is 612 g/mol. The van der Waals surface area contributed by atoms with Gasteiger partial charge in [-0.3, -0.25) is 14.4 Å². The van der Waals surface area contributed by atoms with Gasteiger partial charge in [-0.15, -0.1) is 0 Å². The second-order valence-electron chi connectivity index (χ2n) is 11.4. The summed E-state index contributed by atoms with van der Waals surface area (Å²) in [5.74, 6) is -1.82. The van der Waals surface area contributed by atoms with Crippen LogP contribution in [0.2, 0.25) is 0 Å². The van der Waals surface area contributed by atoms with Gasteiger partial charge >= 0.3 is 12.4 Å². The Hall–Kier alpha value is -3.57. The summed E-state index contributed by atoms with van der Waals surface area (Å²) in [5.41, 5.74) is -2.34. The van der Waals surface area contributed by atoms with Crippen molar-refractivity contribution >= 4 is 17.7 Å². The minimum Gasteiger partial charge on any atom is -0.343 e. The van der Waals surface area contributed by atoms with Gasteiger partial charge in [0.05, 0.1) is 17.2 Å². The zero-order valence-corrected chi connectivity index (χ0v) is 24.2. The lowest BCUT2D eigenvalue weighted by Crippen LogP contribution is -2.50. The molecule has 0 spiro atoms. The Labute approximate surface area is 246 Å². The molecule has 0 radical (unpaired) electrons. The predicted molar refractivity (Wildman–Crippen MR) is 146 cm³/mol. The van der Waals surface area contributed by atoms with Gasteiger partial charge in [0.1, 0.15) is 0 Å².